The lowest BCUT2D eigenvalue weighted by molar-refractivity contribution is -0.384. The molecule has 0 aliphatic heterocycles. The van der Waals surface area contributed by atoms with Crippen molar-refractivity contribution in [2.75, 3.05) is 6.54 Å². The fraction of sp³-hybridized carbons (Fsp3) is 0.524. The fourth-order valence-corrected chi connectivity index (χ4v) is 3.21. The van der Waals surface area contributed by atoms with Crippen LogP contribution in [0.25, 0.3) is 10.9 Å². The minimum absolute atomic E-state index is 0.00824. The Bertz CT molecular complexity index is 925. The number of carbonyl (C=O) groups is 2. The fourth-order valence-electron chi connectivity index (χ4n) is 3.21. The Morgan fingerprint density at radius 2 is 1.83 bits per heavy atom. The Morgan fingerprint density at radius 1 is 1.17 bits per heavy atom. The van der Waals surface area contributed by atoms with E-state index in [-0.39, 0.29) is 24.7 Å². The summed E-state index contributed by atoms with van der Waals surface area (Å²) in [4.78, 5) is 35.2. The molecule has 2 aromatic rings. The van der Waals surface area contributed by atoms with Gasteiger partial charge in [-0.05, 0) is 45.7 Å². The molecular formula is C21H30N4O5. The first kappa shape index (κ1) is 23.2. The number of nitro benzene ring substituents is 1. The largest absolute Gasteiger partial charge is 0.444 e. The lowest BCUT2D eigenvalue weighted by atomic mass is 9.92. The van der Waals surface area contributed by atoms with E-state index in [1.807, 2.05) is 13.8 Å². The van der Waals surface area contributed by atoms with Gasteiger partial charge in [-0.3, -0.25) is 14.9 Å². The summed E-state index contributed by atoms with van der Waals surface area (Å²) in [5.74, 6) is -0.208. The second-order valence-corrected chi connectivity index (χ2v) is 8.33. The zero-order chi connectivity index (χ0) is 22.5. The van der Waals surface area contributed by atoms with Crippen LogP contribution in [0.5, 0.6) is 0 Å². The smallest absolute Gasteiger partial charge is 0.407 e. The van der Waals surface area contributed by atoms with Crippen LogP contribution in [0.4, 0.5) is 10.5 Å². The Hall–Kier alpha value is -3.10. The van der Waals surface area contributed by atoms with Crippen molar-refractivity contribution in [3.63, 3.8) is 0 Å². The van der Waals surface area contributed by atoms with E-state index in [4.69, 9.17) is 4.74 Å². The lowest BCUT2D eigenvalue weighted by Gasteiger charge is -2.33. The number of hydrogen-bond donors (Lipinski definition) is 2. The second-order valence-electron chi connectivity index (χ2n) is 8.33. The maximum absolute atomic E-state index is 12.8. The SMILES string of the molecule is CCC(CC)(CNC(=O)OC(C)(C)C)NC(=O)Cn1ccc2cc([N+](=O)[O-])ccc21. The third-order valence-corrected chi connectivity index (χ3v) is 5.01. The lowest BCUT2D eigenvalue weighted by Crippen LogP contribution is -2.56. The number of ether oxygens (including phenoxy) is 1. The number of aromatic nitrogens is 1. The molecule has 0 atom stereocenters. The topological polar surface area (TPSA) is 116 Å². The number of nitrogens with one attached hydrogen (secondary N) is 2. The van der Waals surface area contributed by atoms with Crippen LogP contribution in [0, 0.1) is 10.1 Å². The van der Waals surface area contributed by atoms with Crippen molar-refractivity contribution < 1.29 is 19.2 Å². The van der Waals surface area contributed by atoms with E-state index in [0.717, 1.165) is 5.52 Å². The zero-order valence-electron chi connectivity index (χ0n) is 18.2. The van der Waals surface area contributed by atoms with Gasteiger partial charge in [0.15, 0.2) is 0 Å². The monoisotopic (exact) mass is 418 g/mol. The third-order valence-electron chi connectivity index (χ3n) is 5.01. The van der Waals surface area contributed by atoms with Crippen molar-refractivity contribution in [3.8, 4) is 0 Å². The molecule has 9 heteroatoms. The van der Waals surface area contributed by atoms with Crippen LogP contribution in [-0.4, -0.2) is 39.2 Å². The molecule has 0 aliphatic carbocycles. The van der Waals surface area contributed by atoms with Gasteiger partial charge in [0, 0.05) is 35.8 Å². The number of alkyl carbamates (subject to hydrolysis) is 1. The standard InChI is InChI=1S/C21H30N4O5/c1-6-21(7-2,14-22-19(27)30-20(3,4)5)23-18(26)13-24-11-10-15-12-16(25(28)29)8-9-17(15)24/h8-12H,6-7,13-14H2,1-5H3,(H,22,27)(H,23,26). The predicted octanol–water partition coefficient (Wildman–Crippen LogP) is 3.75. The molecule has 0 spiro atoms. The molecule has 0 bridgehead atoms. The highest BCUT2D eigenvalue weighted by molar-refractivity contribution is 5.85. The molecule has 0 aliphatic rings. The molecule has 2 N–H and O–H groups in total. The van der Waals surface area contributed by atoms with Crippen molar-refractivity contribution in [2.45, 2.75) is 65.1 Å². The summed E-state index contributed by atoms with van der Waals surface area (Å²) in [6, 6.07) is 6.28. The van der Waals surface area contributed by atoms with Crippen molar-refractivity contribution in [1.29, 1.82) is 0 Å². The van der Waals surface area contributed by atoms with Gasteiger partial charge in [-0.25, -0.2) is 4.79 Å². The van der Waals surface area contributed by atoms with Crippen molar-refractivity contribution in [1.82, 2.24) is 15.2 Å². The van der Waals surface area contributed by atoms with Crippen LogP contribution < -0.4 is 10.6 Å². The average Bonchev–Trinajstić information content (AvgIpc) is 3.05. The van der Waals surface area contributed by atoms with Crippen LogP contribution >= 0.6 is 0 Å². The predicted molar refractivity (Wildman–Crippen MR) is 114 cm³/mol. The number of nitrogens with zero attached hydrogens (tertiary/aromatic N) is 2. The highest BCUT2D eigenvalue weighted by Gasteiger charge is 2.29. The van der Waals surface area contributed by atoms with Gasteiger partial charge in [0.25, 0.3) is 5.69 Å². The summed E-state index contributed by atoms with van der Waals surface area (Å²) in [6.45, 7) is 9.58. The molecule has 0 unspecified atom stereocenters. The molecule has 1 heterocycles. The van der Waals surface area contributed by atoms with E-state index in [1.165, 1.54) is 12.1 Å². The molecule has 0 saturated heterocycles. The van der Waals surface area contributed by atoms with Crippen LogP contribution in [0.3, 0.4) is 0 Å². The summed E-state index contributed by atoms with van der Waals surface area (Å²) in [5.41, 5.74) is -0.454. The molecule has 1 aromatic heterocycles. The Labute approximate surface area is 175 Å². The van der Waals surface area contributed by atoms with Gasteiger partial charge in [0.2, 0.25) is 5.91 Å². The number of carbonyl (C=O) groups excluding carboxylic acids is 2. The van der Waals surface area contributed by atoms with Gasteiger partial charge in [-0.15, -0.1) is 0 Å². The maximum Gasteiger partial charge on any atom is 0.407 e. The first-order valence-corrected chi connectivity index (χ1v) is 10.00. The van der Waals surface area contributed by atoms with E-state index < -0.39 is 22.2 Å². The van der Waals surface area contributed by atoms with E-state index in [0.29, 0.717) is 18.2 Å². The van der Waals surface area contributed by atoms with Crippen LogP contribution in [0.15, 0.2) is 30.5 Å². The van der Waals surface area contributed by atoms with Crippen LogP contribution in [-0.2, 0) is 16.1 Å². The molecule has 0 saturated carbocycles. The van der Waals surface area contributed by atoms with Crippen LogP contribution in [0.2, 0.25) is 0 Å². The Balaban J connectivity index is 2.07. The summed E-state index contributed by atoms with van der Waals surface area (Å²) in [5, 5.41) is 17.4. The van der Waals surface area contributed by atoms with Gasteiger partial charge >= 0.3 is 6.09 Å². The summed E-state index contributed by atoms with van der Waals surface area (Å²) < 4.78 is 7.01. The van der Waals surface area contributed by atoms with Gasteiger partial charge < -0.3 is 19.9 Å². The van der Waals surface area contributed by atoms with Gasteiger partial charge in [0.1, 0.15) is 12.1 Å². The normalized spacial score (nSPS) is 11.9. The minimum Gasteiger partial charge on any atom is -0.444 e. The van der Waals surface area contributed by atoms with Gasteiger partial charge in [-0.2, -0.15) is 0 Å². The van der Waals surface area contributed by atoms with Crippen LogP contribution in [0.1, 0.15) is 47.5 Å². The first-order valence-electron chi connectivity index (χ1n) is 10.00. The van der Waals surface area contributed by atoms with Crippen molar-refractivity contribution in [2.24, 2.45) is 0 Å². The molecule has 2 amide bonds. The molecule has 0 fully saturated rings. The van der Waals surface area contributed by atoms with E-state index in [2.05, 4.69) is 10.6 Å². The Kier molecular flexibility index (Phi) is 7.07. The van der Waals surface area contributed by atoms with E-state index in [9.17, 15) is 19.7 Å². The highest BCUT2D eigenvalue weighted by atomic mass is 16.6. The van der Waals surface area contributed by atoms with Crippen molar-refractivity contribution >= 4 is 28.6 Å². The minimum atomic E-state index is -0.601. The number of rotatable bonds is 8. The number of hydrogen-bond acceptors (Lipinski definition) is 5. The molecule has 0 radical (unpaired) electrons. The van der Waals surface area contributed by atoms with Gasteiger partial charge in [0.05, 0.1) is 10.5 Å². The summed E-state index contributed by atoms with van der Waals surface area (Å²) in [6.07, 6.45) is 2.46. The molecule has 1 aromatic carbocycles. The van der Waals surface area contributed by atoms with Crippen molar-refractivity contribution in [3.05, 3.63) is 40.6 Å². The average molecular weight is 418 g/mol. The van der Waals surface area contributed by atoms with E-state index in [1.54, 1.807) is 43.7 Å². The van der Waals surface area contributed by atoms with E-state index >= 15 is 0 Å². The first-order chi connectivity index (χ1) is 14.0. The zero-order valence-corrected chi connectivity index (χ0v) is 18.2. The molecular weight excluding hydrogens is 388 g/mol. The maximum atomic E-state index is 12.8. The number of amides is 2. The number of fused-ring (bicyclic) bond motifs is 1. The number of non-ortho nitro benzene ring substituents is 1. The molecule has 30 heavy (non-hydrogen) atoms. The quantitative estimate of drug-likeness (QED) is 0.500. The number of nitro groups is 1. The highest BCUT2D eigenvalue weighted by Crippen LogP contribution is 2.22. The third kappa shape index (κ3) is 5.95. The summed E-state index contributed by atoms with van der Waals surface area (Å²) >= 11 is 0. The molecule has 2 rings (SSSR count). The molecule has 164 valence electrons. The molecule has 9 nitrogen and oxygen atoms in total. The number of benzene rings is 1. The second kappa shape index (κ2) is 9.15. The Morgan fingerprint density at radius 3 is 2.40 bits per heavy atom. The van der Waals surface area contributed by atoms with Gasteiger partial charge in [-0.1, -0.05) is 13.8 Å². The summed E-state index contributed by atoms with van der Waals surface area (Å²) in [7, 11) is 0.